The minimum Gasteiger partial charge on any atom is -0.312 e. The molecular weight excluding hydrogens is 252 g/mol. The summed E-state index contributed by atoms with van der Waals surface area (Å²) in [6.07, 6.45) is 5.29. The average Bonchev–Trinajstić information content (AvgIpc) is 2.98. The standard InChI is InChI=1S/C16H28N2S/c1-4-8-17-11-16-10-14(13(3)19-16)12-18-9-6-7-15(18)5-2/h10,15,17H,4-9,11-12H2,1-3H3. The number of nitrogens with zero attached hydrogens (tertiary/aromatic N) is 1. The van der Waals surface area contributed by atoms with Crippen LogP contribution in [0.25, 0.3) is 0 Å². The van der Waals surface area contributed by atoms with Crippen LogP contribution in [0, 0.1) is 6.92 Å². The van der Waals surface area contributed by atoms with Crippen LogP contribution >= 0.6 is 11.3 Å². The second kappa shape index (κ2) is 7.41. The second-order valence-corrected chi connectivity index (χ2v) is 6.99. The predicted molar refractivity (Wildman–Crippen MR) is 84.8 cm³/mol. The van der Waals surface area contributed by atoms with Crippen molar-refractivity contribution in [3.8, 4) is 0 Å². The molecule has 1 aliphatic heterocycles. The minimum atomic E-state index is 0.820. The van der Waals surface area contributed by atoms with E-state index in [1.165, 1.54) is 42.0 Å². The maximum atomic E-state index is 3.50. The highest BCUT2D eigenvalue weighted by Gasteiger charge is 2.23. The van der Waals surface area contributed by atoms with Crippen molar-refractivity contribution in [3.63, 3.8) is 0 Å². The quantitative estimate of drug-likeness (QED) is 0.761. The first-order valence-electron chi connectivity index (χ1n) is 7.77. The Morgan fingerprint density at radius 3 is 3.00 bits per heavy atom. The minimum absolute atomic E-state index is 0.820. The van der Waals surface area contributed by atoms with Gasteiger partial charge in [0.15, 0.2) is 0 Å². The Morgan fingerprint density at radius 1 is 1.42 bits per heavy atom. The first-order chi connectivity index (χ1) is 9.24. The predicted octanol–water partition coefficient (Wildman–Crippen LogP) is 3.93. The molecule has 108 valence electrons. The van der Waals surface area contributed by atoms with E-state index in [1.807, 2.05) is 11.3 Å². The van der Waals surface area contributed by atoms with Crippen LogP contribution in [0.4, 0.5) is 0 Å². The Balaban J connectivity index is 1.92. The molecule has 0 spiro atoms. The highest BCUT2D eigenvalue weighted by Crippen LogP contribution is 2.27. The third kappa shape index (κ3) is 4.04. The lowest BCUT2D eigenvalue weighted by Crippen LogP contribution is -2.28. The van der Waals surface area contributed by atoms with Gasteiger partial charge < -0.3 is 5.32 Å². The number of nitrogens with one attached hydrogen (secondary N) is 1. The Kier molecular flexibility index (Phi) is 5.86. The van der Waals surface area contributed by atoms with E-state index < -0.39 is 0 Å². The molecule has 1 fully saturated rings. The van der Waals surface area contributed by atoms with E-state index in [2.05, 4.69) is 37.1 Å². The number of aryl methyl sites for hydroxylation is 1. The molecule has 0 aliphatic carbocycles. The summed E-state index contributed by atoms with van der Waals surface area (Å²) in [4.78, 5) is 5.68. The highest BCUT2D eigenvalue weighted by molar-refractivity contribution is 7.12. The van der Waals surface area contributed by atoms with Crippen molar-refractivity contribution in [3.05, 3.63) is 21.4 Å². The van der Waals surface area contributed by atoms with Crippen molar-refractivity contribution in [2.45, 2.75) is 65.6 Å². The summed E-state index contributed by atoms with van der Waals surface area (Å²) in [6, 6.07) is 3.24. The van der Waals surface area contributed by atoms with Crippen molar-refractivity contribution in [1.29, 1.82) is 0 Å². The van der Waals surface area contributed by atoms with Gasteiger partial charge in [-0.25, -0.2) is 0 Å². The average molecular weight is 280 g/mol. The van der Waals surface area contributed by atoms with Crippen LogP contribution in [-0.2, 0) is 13.1 Å². The van der Waals surface area contributed by atoms with Gasteiger partial charge >= 0.3 is 0 Å². The lowest BCUT2D eigenvalue weighted by molar-refractivity contribution is 0.240. The Hall–Kier alpha value is -0.380. The summed E-state index contributed by atoms with van der Waals surface area (Å²) in [5.41, 5.74) is 1.55. The van der Waals surface area contributed by atoms with Gasteiger partial charge in [-0.05, 0) is 57.3 Å². The van der Waals surface area contributed by atoms with E-state index in [0.29, 0.717) is 0 Å². The monoisotopic (exact) mass is 280 g/mol. The number of hydrogen-bond donors (Lipinski definition) is 1. The summed E-state index contributed by atoms with van der Waals surface area (Å²) < 4.78 is 0. The lowest BCUT2D eigenvalue weighted by atomic mass is 10.1. The van der Waals surface area contributed by atoms with Crippen LogP contribution in [0.15, 0.2) is 6.07 Å². The first-order valence-corrected chi connectivity index (χ1v) is 8.59. The fourth-order valence-corrected chi connectivity index (χ4v) is 4.03. The van der Waals surface area contributed by atoms with Gasteiger partial charge in [0.05, 0.1) is 0 Å². The number of hydrogen-bond acceptors (Lipinski definition) is 3. The Bertz CT molecular complexity index is 386. The van der Waals surface area contributed by atoms with Crippen molar-refractivity contribution in [2.75, 3.05) is 13.1 Å². The molecule has 1 atom stereocenters. The van der Waals surface area contributed by atoms with Crippen molar-refractivity contribution in [2.24, 2.45) is 0 Å². The summed E-state index contributed by atoms with van der Waals surface area (Å²) in [5, 5.41) is 3.50. The van der Waals surface area contributed by atoms with Gasteiger partial charge in [-0.1, -0.05) is 13.8 Å². The fourth-order valence-electron chi connectivity index (χ4n) is 3.00. The molecule has 1 N–H and O–H groups in total. The number of likely N-dealkylation sites (tertiary alicyclic amines) is 1. The van der Waals surface area contributed by atoms with E-state index >= 15 is 0 Å². The zero-order chi connectivity index (χ0) is 13.7. The molecule has 1 saturated heterocycles. The van der Waals surface area contributed by atoms with Crippen LogP contribution in [-0.4, -0.2) is 24.0 Å². The van der Waals surface area contributed by atoms with Gasteiger partial charge in [-0.2, -0.15) is 0 Å². The molecule has 2 nitrogen and oxygen atoms in total. The maximum absolute atomic E-state index is 3.50. The van der Waals surface area contributed by atoms with E-state index in [1.54, 1.807) is 5.56 Å². The molecule has 1 aliphatic rings. The van der Waals surface area contributed by atoms with Gasteiger partial charge in [0.25, 0.3) is 0 Å². The molecule has 1 aromatic rings. The number of thiophene rings is 1. The molecule has 3 heteroatoms. The second-order valence-electron chi connectivity index (χ2n) is 5.65. The molecule has 1 aromatic heterocycles. The molecule has 0 aromatic carbocycles. The van der Waals surface area contributed by atoms with Crippen LogP contribution in [0.3, 0.4) is 0 Å². The molecule has 19 heavy (non-hydrogen) atoms. The normalized spacial score (nSPS) is 20.3. The number of rotatable bonds is 7. The highest BCUT2D eigenvalue weighted by atomic mass is 32.1. The van der Waals surface area contributed by atoms with Gasteiger partial charge in [0.1, 0.15) is 0 Å². The maximum Gasteiger partial charge on any atom is 0.0299 e. The summed E-state index contributed by atoms with van der Waals surface area (Å²) >= 11 is 1.97. The molecular formula is C16H28N2S. The van der Waals surface area contributed by atoms with Crippen molar-refractivity contribution >= 4 is 11.3 Å². The summed E-state index contributed by atoms with van der Waals surface area (Å²) in [7, 11) is 0. The van der Waals surface area contributed by atoms with Crippen LogP contribution in [0.2, 0.25) is 0 Å². The smallest absolute Gasteiger partial charge is 0.0299 e. The fraction of sp³-hybridized carbons (Fsp3) is 0.750. The zero-order valence-corrected chi connectivity index (χ0v) is 13.5. The van der Waals surface area contributed by atoms with E-state index in [0.717, 1.165) is 25.7 Å². The molecule has 0 saturated carbocycles. The van der Waals surface area contributed by atoms with Gasteiger partial charge in [0, 0.05) is 28.9 Å². The van der Waals surface area contributed by atoms with E-state index in [9.17, 15) is 0 Å². The van der Waals surface area contributed by atoms with Crippen molar-refractivity contribution in [1.82, 2.24) is 10.2 Å². The summed E-state index contributed by atoms with van der Waals surface area (Å²) in [6.45, 7) is 11.4. The largest absolute Gasteiger partial charge is 0.312 e. The van der Waals surface area contributed by atoms with Crippen molar-refractivity contribution < 1.29 is 0 Å². The summed E-state index contributed by atoms with van der Waals surface area (Å²) in [5.74, 6) is 0. The van der Waals surface area contributed by atoms with E-state index in [4.69, 9.17) is 0 Å². The third-order valence-corrected chi connectivity index (χ3v) is 5.23. The molecule has 0 bridgehead atoms. The van der Waals surface area contributed by atoms with Gasteiger partial charge in [-0.15, -0.1) is 11.3 Å². The Morgan fingerprint density at radius 2 is 2.26 bits per heavy atom. The molecule has 2 heterocycles. The molecule has 2 rings (SSSR count). The van der Waals surface area contributed by atoms with E-state index in [-0.39, 0.29) is 0 Å². The third-order valence-electron chi connectivity index (χ3n) is 4.14. The van der Waals surface area contributed by atoms with Crippen LogP contribution < -0.4 is 5.32 Å². The lowest BCUT2D eigenvalue weighted by Gasteiger charge is -2.23. The molecule has 0 radical (unpaired) electrons. The van der Waals surface area contributed by atoms with Gasteiger partial charge in [-0.3, -0.25) is 4.90 Å². The first kappa shape index (κ1) is 15.0. The Labute approximate surface area is 122 Å². The van der Waals surface area contributed by atoms with Crippen LogP contribution in [0.1, 0.15) is 54.8 Å². The molecule has 1 unspecified atom stereocenters. The van der Waals surface area contributed by atoms with Crippen LogP contribution in [0.5, 0.6) is 0 Å². The SMILES string of the molecule is CCCNCc1cc(CN2CCCC2CC)c(C)s1. The molecule has 0 amide bonds. The van der Waals surface area contributed by atoms with Gasteiger partial charge in [0.2, 0.25) is 0 Å². The zero-order valence-electron chi connectivity index (χ0n) is 12.7. The topological polar surface area (TPSA) is 15.3 Å².